The minimum absolute atomic E-state index is 0.0143. The first kappa shape index (κ1) is 15.2. The number of anilines is 1. The van der Waals surface area contributed by atoms with Crippen LogP contribution in [-0.4, -0.2) is 29.0 Å². The van der Waals surface area contributed by atoms with Gasteiger partial charge >= 0.3 is 5.97 Å². The van der Waals surface area contributed by atoms with Crippen molar-refractivity contribution in [1.29, 1.82) is 0 Å². The second-order valence-electron chi connectivity index (χ2n) is 5.33. The first-order chi connectivity index (χ1) is 10.0. The molecule has 0 spiro atoms. The van der Waals surface area contributed by atoms with Crippen molar-refractivity contribution in [3.05, 3.63) is 27.9 Å². The van der Waals surface area contributed by atoms with E-state index >= 15 is 0 Å². The van der Waals surface area contributed by atoms with E-state index in [4.69, 9.17) is 4.74 Å². The van der Waals surface area contributed by atoms with Crippen LogP contribution in [0.15, 0.2) is 12.3 Å². The molecule has 1 aliphatic rings. The van der Waals surface area contributed by atoms with E-state index < -0.39 is 4.92 Å². The number of aromatic nitrogens is 1. The number of carbonyl (C=O) groups is 1. The highest BCUT2D eigenvalue weighted by Gasteiger charge is 2.27. The van der Waals surface area contributed by atoms with Gasteiger partial charge in [0.25, 0.3) is 5.69 Å². The normalized spacial score (nSPS) is 21.6. The number of hydrogen-bond donors (Lipinski definition) is 1. The molecule has 1 aromatic heterocycles. The monoisotopic (exact) mass is 293 g/mol. The molecule has 0 bridgehead atoms. The summed E-state index contributed by atoms with van der Waals surface area (Å²) in [5, 5.41) is 14.0. The molecule has 1 fully saturated rings. The van der Waals surface area contributed by atoms with Gasteiger partial charge in [-0.05, 0) is 38.7 Å². The lowest BCUT2D eigenvalue weighted by Crippen LogP contribution is -2.30. The van der Waals surface area contributed by atoms with Crippen LogP contribution < -0.4 is 5.32 Å². The van der Waals surface area contributed by atoms with Gasteiger partial charge in [-0.1, -0.05) is 0 Å². The van der Waals surface area contributed by atoms with E-state index in [1.807, 2.05) is 0 Å². The van der Waals surface area contributed by atoms with Crippen molar-refractivity contribution in [2.75, 3.05) is 12.4 Å². The zero-order valence-electron chi connectivity index (χ0n) is 12.2. The van der Waals surface area contributed by atoms with E-state index in [0.717, 1.165) is 25.7 Å². The molecule has 1 heterocycles. The number of pyridine rings is 1. The Bertz CT molecular complexity index is 539. The first-order valence-electron chi connectivity index (χ1n) is 6.96. The van der Waals surface area contributed by atoms with Crippen molar-refractivity contribution in [3.63, 3.8) is 0 Å². The van der Waals surface area contributed by atoms with Crippen LogP contribution >= 0.6 is 0 Å². The van der Waals surface area contributed by atoms with Crippen LogP contribution in [0.4, 0.5) is 11.5 Å². The largest absolute Gasteiger partial charge is 0.469 e. The van der Waals surface area contributed by atoms with Crippen molar-refractivity contribution in [2.45, 2.75) is 38.6 Å². The van der Waals surface area contributed by atoms with Crippen LogP contribution in [-0.2, 0) is 9.53 Å². The third kappa shape index (κ3) is 3.68. The summed E-state index contributed by atoms with van der Waals surface area (Å²) < 4.78 is 4.76. The molecule has 0 radical (unpaired) electrons. The van der Waals surface area contributed by atoms with Gasteiger partial charge in [-0.25, -0.2) is 4.98 Å². The van der Waals surface area contributed by atoms with Gasteiger partial charge in [0.05, 0.1) is 18.0 Å². The lowest BCUT2D eigenvalue weighted by atomic mass is 9.86. The minimum Gasteiger partial charge on any atom is -0.469 e. The number of nitrogens with zero attached hydrogens (tertiary/aromatic N) is 2. The molecule has 1 aromatic rings. The quantitative estimate of drug-likeness (QED) is 0.520. The van der Waals surface area contributed by atoms with Gasteiger partial charge in [-0.15, -0.1) is 0 Å². The molecule has 1 N–H and O–H groups in total. The van der Waals surface area contributed by atoms with Gasteiger partial charge in [0, 0.05) is 11.6 Å². The van der Waals surface area contributed by atoms with Gasteiger partial charge in [0.2, 0.25) is 0 Å². The molecule has 2 rings (SSSR count). The number of methoxy groups -OCH3 is 1. The first-order valence-corrected chi connectivity index (χ1v) is 6.96. The minimum atomic E-state index is -0.437. The summed E-state index contributed by atoms with van der Waals surface area (Å²) in [4.78, 5) is 25.9. The summed E-state index contributed by atoms with van der Waals surface area (Å²) in [5.74, 6) is 0.483. The molecular formula is C14H19N3O4. The predicted molar refractivity (Wildman–Crippen MR) is 77.0 cm³/mol. The summed E-state index contributed by atoms with van der Waals surface area (Å²) in [6.07, 6.45) is 4.57. The average Bonchev–Trinajstić information content (AvgIpc) is 2.47. The lowest BCUT2D eigenvalue weighted by molar-refractivity contribution is -0.385. The molecule has 7 nitrogen and oxygen atoms in total. The van der Waals surface area contributed by atoms with Gasteiger partial charge < -0.3 is 10.1 Å². The Morgan fingerprint density at radius 1 is 1.43 bits per heavy atom. The fourth-order valence-electron chi connectivity index (χ4n) is 2.67. The molecule has 0 amide bonds. The number of rotatable bonds is 4. The van der Waals surface area contributed by atoms with E-state index in [-0.39, 0.29) is 23.6 Å². The fourth-order valence-corrected chi connectivity index (χ4v) is 2.67. The van der Waals surface area contributed by atoms with Crippen LogP contribution in [0.3, 0.4) is 0 Å². The lowest BCUT2D eigenvalue weighted by Gasteiger charge is -2.27. The zero-order chi connectivity index (χ0) is 15.4. The van der Waals surface area contributed by atoms with Crippen molar-refractivity contribution in [3.8, 4) is 0 Å². The van der Waals surface area contributed by atoms with E-state index in [1.54, 1.807) is 13.0 Å². The summed E-state index contributed by atoms with van der Waals surface area (Å²) in [6, 6.07) is 1.92. The van der Waals surface area contributed by atoms with Crippen LogP contribution in [0.1, 0.15) is 31.2 Å². The summed E-state index contributed by atoms with van der Waals surface area (Å²) >= 11 is 0. The molecule has 0 unspecified atom stereocenters. The van der Waals surface area contributed by atoms with Crippen LogP contribution in [0.2, 0.25) is 0 Å². The standard InChI is InChI=1S/C14H19N3O4/c1-9-7-13(15-8-12(9)17(19)20)16-11-5-3-10(4-6-11)14(18)21-2/h7-8,10-11H,3-6H2,1-2H3,(H,15,16). The maximum atomic E-state index is 11.5. The molecule has 0 saturated heterocycles. The van der Waals surface area contributed by atoms with Gasteiger partial charge in [0.15, 0.2) is 0 Å². The maximum Gasteiger partial charge on any atom is 0.308 e. The van der Waals surface area contributed by atoms with Crippen molar-refractivity contribution in [2.24, 2.45) is 5.92 Å². The van der Waals surface area contributed by atoms with Gasteiger partial charge in [-0.2, -0.15) is 0 Å². The summed E-state index contributed by atoms with van der Waals surface area (Å²) in [7, 11) is 1.41. The molecular weight excluding hydrogens is 274 g/mol. The van der Waals surface area contributed by atoms with Crippen LogP contribution in [0.25, 0.3) is 0 Å². The molecule has 0 aromatic carbocycles. The van der Waals surface area contributed by atoms with Crippen molar-refractivity contribution >= 4 is 17.5 Å². The Labute approximate surface area is 122 Å². The van der Waals surface area contributed by atoms with E-state index in [9.17, 15) is 14.9 Å². The summed E-state index contributed by atoms with van der Waals surface area (Å²) in [5.41, 5.74) is 0.607. The number of nitrogens with one attached hydrogen (secondary N) is 1. The van der Waals surface area contributed by atoms with E-state index in [1.165, 1.54) is 13.3 Å². The maximum absolute atomic E-state index is 11.5. The fraction of sp³-hybridized carbons (Fsp3) is 0.571. The Hall–Kier alpha value is -2.18. The Kier molecular flexibility index (Phi) is 4.72. The van der Waals surface area contributed by atoms with Crippen molar-refractivity contribution < 1.29 is 14.5 Å². The van der Waals surface area contributed by atoms with Crippen LogP contribution in [0.5, 0.6) is 0 Å². The van der Waals surface area contributed by atoms with E-state index in [0.29, 0.717) is 11.4 Å². The number of ether oxygens (including phenoxy) is 1. The highest BCUT2D eigenvalue weighted by atomic mass is 16.6. The number of esters is 1. The Morgan fingerprint density at radius 2 is 2.10 bits per heavy atom. The second-order valence-corrected chi connectivity index (χ2v) is 5.33. The van der Waals surface area contributed by atoms with Crippen molar-refractivity contribution in [1.82, 2.24) is 4.98 Å². The van der Waals surface area contributed by atoms with Gasteiger partial charge in [0.1, 0.15) is 12.0 Å². The predicted octanol–water partition coefficient (Wildman–Crippen LogP) is 2.44. The molecule has 114 valence electrons. The number of hydrogen-bond acceptors (Lipinski definition) is 6. The number of aryl methyl sites for hydroxylation is 1. The summed E-state index contributed by atoms with van der Waals surface area (Å²) in [6.45, 7) is 1.69. The third-order valence-corrected chi connectivity index (χ3v) is 3.89. The molecule has 7 heteroatoms. The molecule has 21 heavy (non-hydrogen) atoms. The van der Waals surface area contributed by atoms with Crippen LogP contribution in [0, 0.1) is 23.0 Å². The molecule has 0 atom stereocenters. The highest BCUT2D eigenvalue weighted by molar-refractivity contribution is 5.72. The second kappa shape index (κ2) is 6.51. The number of nitro groups is 1. The van der Waals surface area contributed by atoms with Gasteiger partial charge in [-0.3, -0.25) is 14.9 Å². The highest BCUT2D eigenvalue weighted by Crippen LogP contribution is 2.28. The smallest absolute Gasteiger partial charge is 0.308 e. The molecule has 0 aliphatic heterocycles. The third-order valence-electron chi connectivity index (χ3n) is 3.89. The molecule has 1 aliphatic carbocycles. The topological polar surface area (TPSA) is 94.4 Å². The Balaban J connectivity index is 1.93. The zero-order valence-corrected chi connectivity index (χ0v) is 12.2. The Morgan fingerprint density at radius 3 is 2.62 bits per heavy atom. The average molecular weight is 293 g/mol. The number of carbonyl (C=O) groups excluding carboxylic acids is 1. The molecule has 1 saturated carbocycles. The van der Waals surface area contributed by atoms with E-state index in [2.05, 4.69) is 10.3 Å². The SMILES string of the molecule is COC(=O)C1CCC(Nc2cc(C)c([N+](=O)[O-])cn2)CC1.